The predicted octanol–water partition coefficient (Wildman–Crippen LogP) is -0.523. The van der Waals surface area contributed by atoms with Gasteiger partial charge in [0.2, 0.25) is 0 Å². The van der Waals surface area contributed by atoms with Gasteiger partial charge >= 0.3 is 0 Å². The lowest BCUT2D eigenvalue weighted by molar-refractivity contribution is 0.0724. The van der Waals surface area contributed by atoms with Crippen LogP contribution in [0.15, 0.2) is 0 Å². The molecule has 0 radical (unpaired) electrons. The normalized spacial score (nSPS) is 26.8. The molecule has 0 saturated carbocycles. The zero-order valence-electron chi connectivity index (χ0n) is 10.4. The third-order valence-electron chi connectivity index (χ3n) is 2.90. The van der Waals surface area contributed by atoms with Gasteiger partial charge in [-0.1, -0.05) is 0 Å². The van der Waals surface area contributed by atoms with Crippen molar-refractivity contribution in [2.45, 2.75) is 6.42 Å². The maximum atomic E-state index is 5.23. The van der Waals surface area contributed by atoms with Gasteiger partial charge in [0.05, 0.1) is 26.6 Å². The fraction of sp³-hybridized carbons (Fsp3) is 1.00. The maximum absolute atomic E-state index is 5.23. The first-order valence-electron chi connectivity index (χ1n) is 6.34. The minimum absolute atomic E-state index is 0.750. The van der Waals surface area contributed by atoms with Gasteiger partial charge in [-0.05, 0) is 13.0 Å². The highest BCUT2D eigenvalue weighted by Crippen LogP contribution is 2.04. The van der Waals surface area contributed by atoms with E-state index in [1.54, 1.807) is 0 Å². The van der Waals surface area contributed by atoms with E-state index in [1.165, 1.54) is 6.42 Å². The van der Waals surface area contributed by atoms with E-state index in [1.807, 2.05) is 0 Å². The van der Waals surface area contributed by atoms with Gasteiger partial charge in [0.15, 0.2) is 0 Å². The molecule has 3 heterocycles. The maximum Gasteiger partial charge on any atom is 0.100 e. The van der Waals surface area contributed by atoms with Crippen LogP contribution in [-0.2, 0) is 14.2 Å². The highest BCUT2D eigenvalue weighted by molar-refractivity contribution is 4.62. The largest absolute Gasteiger partial charge is 0.366 e. The predicted molar refractivity (Wildman–Crippen MR) is 63.4 cm³/mol. The number of nitrogens with zero attached hydrogens (tertiary/aromatic N) is 2. The van der Waals surface area contributed by atoms with Gasteiger partial charge in [0, 0.05) is 19.7 Å². The summed E-state index contributed by atoms with van der Waals surface area (Å²) in [5.41, 5.74) is 0. The molecule has 3 aliphatic heterocycles. The molecule has 3 fully saturated rings. The van der Waals surface area contributed by atoms with Crippen molar-refractivity contribution in [2.75, 3.05) is 66.3 Å². The van der Waals surface area contributed by atoms with Crippen LogP contribution < -0.4 is 5.32 Å². The Labute approximate surface area is 103 Å². The summed E-state index contributed by atoms with van der Waals surface area (Å²) >= 11 is 0. The molecule has 6 nitrogen and oxygen atoms in total. The van der Waals surface area contributed by atoms with E-state index in [4.69, 9.17) is 14.2 Å². The fourth-order valence-corrected chi connectivity index (χ4v) is 1.93. The summed E-state index contributed by atoms with van der Waals surface area (Å²) in [7, 11) is 0. The molecule has 3 rings (SSSR count). The van der Waals surface area contributed by atoms with Crippen LogP contribution in [0.4, 0.5) is 0 Å². The molecular formula is C11H23N3O3. The fourth-order valence-electron chi connectivity index (χ4n) is 1.93. The number of ether oxygens (including phenoxy) is 3. The van der Waals surface area contributed by atoms with Gasteiger partial charge in [-0.2, -0.15) is 0 Å². The molecular weight excluding hydrogens is 222 g/mol. The summed E-state index contributed by atoms with van der Waals surface area (Å²) in [6, 6.07) is 0. The van der Waals surface area contributed by atoms with Crippen molar-refractivity contribution < 1.29 is 14.2 Å². The van der Waals surface area contributed by atoms with Crippen molar-refractivity contribution in [1.82, 2.24) is 15.1 Å². The van der Waals surface area contributed by atoms with Crippen LogP contribution in [0.2, 0.25) is 0 Å². The van der Waals surface area contributed by atoms with E-state index in [2.05, 4.69) is 15.1 Å². The van der Waals surface area contributed by atoms with E-state index in [9.17, 15) is 0 Å². The molecule has 0 spiro atoms. The third kappa shape index (κ3) is 5.29. The van der Waals surface area contributed by atoms with Crippen molar-refractivity contribution in [1.29, 1.82) is 0 Å². The van der Waals surface area contributed by atoms with E-state index < -0.39 is 0 Å². The van der Waals surface area contributed by atoms with Crippen molar-refractivity contribution in [2.24, 2.45) is 0 Å². The lowest BCUT2D eigenvalue weighted by atomic mass is 10.4. The highest BCUT2D eigenvalue weighted by atomic mass is 16.5. The van der Waals surface area contributed by atoms with E-state index in [-0.39, 0.29) is 0 Å². The molecule has 1 N–H and O–H groups in total. The average Bonchev–Trinajstić information content (AvgIpc) is 3.06. The number of hydrogen-bond donors (Lipinski definition) is 1. The second-order valence-electron chi connectivity index (χ2n) is 4.41. The zero-order valence-corrected chi connectivity index (χ0v) is 10.4. The molecule has 0 atom stereocenters. The van der Waals surface area contributed by atoms with Gasteiger partial charge in [0.25, 0.3) is 0 Å². The number of nitrogens with one attached hydrogen (secondary N) is 1. The molecule has 0 amide bonds. The standard InChI is InChI=1S/C7H14N2O2.C4H9NO/c1-3-10-6-8(1)5-9-2-4-11-7-9;1-2-5-4-6-3-1/h1-7H2;5H,1-4H2. The smallest absolute Gasteiger partial charge is 0.100 e. The molecule has 0 aromatic heterocycles. The van der Waals surface area contributed by atoms with Gasteiger partial charge in [-0.3, -0.25) is 15.1 Å². The summed E-state index contributed by atoms with van der Waals surface area (Å²) in [4.78, 5) is 4.57. The van der Waals surface area contributed by atoms with Gasteiger partial charge in [-0.15, -0.1) is 0 Å². The van der Waals surface area contributed by atoms with Crippen molar-refractivity contribution in [3.05, 3.63) is 0 Å². The minimum Gasteiger partial charge on any atom is -0.366 e. The Morgan fingerprint density at radius 1 is 0.882 bits per heavy atom. The monoisotopic (exact) mass is 245 g/mol. The Bertz CT molecular complexity index is 165. The molecule has 0 aliphatic carbocycles. The summed E-state index contributed by atoms with van der Waals surface area (Å²) in [5.74, 6) is 0. The highest BCUT2D eigenvalue weighted by Gasteiger charge is 2.18. The Balaban J connectivity index is 0.000000153. The van der Waals surface area contributed by atoms with E-state index in [0.29, 0.717) is 0 Å². The Morgan fingerprint density at radius 2 is 1.59 bits per heavy atom. The minimum atomic E-state index is 0.750. The first kappa shape index (κ1) is 13.2. The molecule has 3 aliphatic rings. The molecule has 3 saturated heterocycles. The quantitative estimate of drug-likeness (QED) is 0.706. The zero-order chi connectivity index (χ0) is 11.8. The van der Waals surface area contributed by atoms with Crippen LogP contribution in [0.5, 0.6) is 0 Å². The van der Waals surface area contributed by atoms with Crippen LogP contribution in [0, 0.1) is 0 Å². The van der Waals surface area contributed by atoms with Crippen molar-refractivity contribution in [3.63, 3.8) is 0 Å². The van der Waals surface area contributed by atoms with E-state index >= 15 is 0 Å². The Hall–Kier alpha value is -0.240. The molecule has 0 aromatic carbocycles. The molecule has 6 heteroatoms. The van der Waals surface area contributed by atoms with Gasteiger partial charge in [0.1, 0.15) is 13.5 Å². The SMILES string of the molecule is C1CN(CN2CCOC2)CO1.C1CNCOC1. The van der Waals surface area contributed by atoms with Crippen LogP contribution in [-0.4, -0.2) is 76.1 Å². The Morgan fingerprint density at radius 3 is 1.88 bits per heavy atom. The molecule has 0 unspecified atom stereocenters. The second kappa shape index (κ2) is 7.97. The third-order valence-corrected chi connectivity index (χ3v) is 2.90. The summed E-state index contributed by atoms with van der Waals surface area (Å²) in [5, 5.41) is 3.06. The molecule has 100 valence electrons. The topological polar surface area (TPSA) is 46.2 Å². The van der Waals surface area contributed by atoms with Crippen LogP contribution >= 0.6 is 0 Å². The molecule has 0 aromatic rings. The first-order chi connectivity index (χ1) is 8.45. The van der Waals surface area contributed by atoms with Crippen molar-refractivity contribution >= 4 is 0 Å². The number of hydrogen-bond acceptors (Lipinski definition) is 6. The summed E-state index contributed by atoms with van der Waals surface area (Å²) in [6.45, 7) is 9.29. The number of rotatable bonds is 2. The lowest BCUT2D eigenvalue weighted by Crippen LogP contribution is -2.34. The second-order valence-corrected chi connectivity index (χ2v) is 4.41. The van der Waals surface area contributed by atoms with Gasteiger partial charge in [-0.25, -0.2) is 0 Å². The molecule has 0 bridgehead atoms. The first-order valence-corrected chi connectivity index (χ1v) is 6.34. The summed E-state index contributed by atoms with van der Waals surface area (Å²) in [6.07, 6.45) is 1.17. The Kier molecular flexibility index (Phi) is 6.18. The van der Waals surface area contributed by atoms with Crippen LogP contribution in [0.3, 0.4) is 0 Å². The summed E-state index contributed by atoms with van der Waals surface area (Å²) < 4.78 is 15.4. The van der Waals surface area contributed by atoms with Crippen LogP contribution in [0.25, 0.3) is 0 Å². The lowest BCUT2D eigenvalue weighted by Gasteiger charge is -2.19. The molecule has 17 heavy (non-hydrogen) atoms. The van der Waals surface area contributed by atoms with Crippen molar-refractivity contribution in [3.8, 4) is 0 Å². The average molecular weight is 245 g/mol. The van der Waals surface area contributed by atoms with Gasteiger partial charge < -0.3 is 14.2 Å². The van der Waals surface area contributed by atoms with Crippen LogP contribution in [0.1, 0.15) is 6.42 Å². The van der Waals surface area contributed by atoms with E-state index in [0.717, 1.165) is 66.3 Å².